The maximum absolute atomic E-state index is 11.3. The van der Waals surface area contributed by atoms with Crippen LogP contribution in [0.2, 0.25) is 0 Å². The number of nitrogens with zero attached hydrogens (tertiary/aromatic N) is 1. The second-order valence-electron chi connectivity index (χ2n) is 4.12. The zero-order valence-electron chi connectivity index (χ0n) is 11.3. The van der Waals surface area contributed by atoms with Crippen LogP contribution in [0.1, 0.15) is 18.9 Å². The number of nitrogens with two attached hydrogens (primary N) is 1. The molecule has 1 atom stereocenters. The quantitative estimate of drug-likeness (QED) is 0.342. The summed E-state index contributed by atoms with van der Waals surface area (Å²) in [6.07, 6.45) is 0.552. The van der Waals surface area contributed by atoms with Gasteiger partial charge in [0.25, 0.3) is 5.69 Å². The summed E-state index contributed by atoms with van der Waals surface area (Å²) in [7, 11) is 0. The van der Waals surface area contributed by atoms with E-state index in [1.165, 1.54) is 12.1 Å². The lowest BCUT2D eigenvalue weighted by molar-refractivity contribution is -0.384. The molecule has 1 aromatic rings. The van der Waals surface area contributed by atoms with Crippen molar-refractivity contribution in [3.05, 3.63) is 39.9 Å². The third kappa shape index (κ3) is 5.58. The molecule has 2 N–H and O–H groups in total. The molecular weight excluding hydrogens is 280 g/mol. The molecule has 0 amide bonds. The second-order valence-corrected chi connectivity index (χ2v) is 5.23. The number of hydrogen-bond donors (Lipinski definition) is 1. The normalized spacial score (nSPS) is 11.9. The van der Waals surface area contributed by atoms with E-state index in [9.17, 15) is 14.9 Å². The van der Waals surface area contributed by atoms with Crippen LogP contribution in [0.5, 0.6) is 0 Å². The predicted octanol–water partition coefficient (Wildman–Crippen LogP) is 2.11. The van der Waals surface area contributed by atoms with Gasteiger partial charge >= 0.3 is 5.97 Å². The van der Waals surface area contributed by atoms with Crippen molar-refractivity contribution >= 4 is 23.4 Å². The van der Waals surface area contributed by atoms with E-state index < -0.39 is 11.0 Å². The number of carbonyl (C=O) groups excluding carboxylic acids is 1. The van der Waals surface area contributed by atoms with Gasteiger partial charge in [0.1, 0.15) is 6.04 Å². The maximum atomic E-state index is 11.3. The van der Waals surface area contributed by atoms with Crippen molar-refractivity contribution in [3.8, 4) is 0 Å². The molecule has 1 aromatic carbocycles. The van der Waals surface area contributed by atoms with Crippen LogP contribution in [0.25, 0.3) is 0 Å². The Morgan fingerprint density at radius 1 is 1.45 bits per heavy atom. The number of nitro groups is 1. The fourth-order valence-corrected chi connectivity index (χ4v) is 2.47. The molecule has 1 unspecified atom stereocenters. The Hall–Kier alpha value is -1.60. The van der Waals surface area contributed by atoms with Gasteiger partial charge in [-0.15, -0.1) is 0 Å². The number of hydrogen-bond acceptors (Lipinski definition) is 6. The van der Waals surface area contributed by atoms with Crippen molar-refractivity contribution in [3.63, 3.8) is 0 Å². The molecule has 0 spiro atoms. The second kappa shape index (κ2) is 8.55. The standard InChI is InChI=1S/C13H18N2O4S/c1-2-19-13(16)12(14)7-8-20-9-10-3-5-11(6-4-10)15(17)18/h3-6,12H,2,7-9,14H2,1H3. The predicted molar refractivity (Wildman–Crippen MR) is 78.5 cm³/mol. The third-order valence-electron chi connectivity index (χ3n) is 2.58. The van der Waals surface area contributed by atoms with E-state index in [2.05, 4.69) is 0 Å². The van der Waals surface area contributed by atoms with Gasteiger partial charge in [0.2, 0.25) is 0 Å². The molecule has 0 fully saturated rings. The third-order valence-corrected chi connectivity index (χ3v) is 3.64. The Morgan fingerprint density at radius 2 is 2.10 bits per heavy atom. The van der Waals surface area contributed by atoms with Crippen LogP contribution in [-0.2, 0) is 15.3 Å². The highest BCUT2D eigenvalue weighted by molar-refractivity contribution is 7.98. The van der Waals surface area contributed by atoms with Gasteiger partial charge in [-0.05, 0) is 24.7 Å². The number of ether oxygens (including phenoxy) is 1. The first-order valence-corrected chi connectivity index (χ1v) is 7.43. The number of non-ortho nitro benzene ring substituents is 1. The highest BCUT2D eigenvalue weighted by Crippen LogP contribution is 2.17. The van der Waals surface area contributed by atoms with Crippen LogP contribution in [0.3, 0.4) is 0 Å². The topological polar surface area (TPSA) is 95.5 Å². The fraction of sp³-hybridized carbons (Fsp3) is 0.462. The minimum atomic E-state index is -0.584. The maximum Gasteiger partial charge on any atom is 0.322 e. The number of rotatable bonds is 8. The molecule has 0 heterocycles. The van der Waals surface area contributed by atoms with Gasteiger partial charge in [-0.3, -0.25) is 14.9 Å². The van der Waals surface area contributed by atoms with Crippen molar-refractivity contribution in [2.24, 2.45) is 5.73 Å². The largest absolute Gasteiger partial charge is 0.465 e. The van der Waals surface area contributed by atoms with Crippen LogP contribution >= 0.6 is 11.8 Å². The summed E-state index contributed by atoms with van der Waals surface area (Å²) in [4.78, 5) is 21.4. The molecule has 0 saturated heterocycles. The Morgan fingerprint density at radius 3 is 2.65 bits per heavy atom. The lowest BCUT2D eigenvalue weighted by Crippen LogP contribution is -2.32. The summed E-state index contributed by atoms with van der Waals surface area (Å²) in [5.74, 6) is 1.09. The molecule has 7 heteroatoms. The number of thioether (sulfide) groups is 1. The Balaban J connectivity index is 2.27. The van der Waals surface area contributed by atoms with Gasteiger partial charge in [0.05, 0.1) is 11.5 Å². The summed E-state index contributed by atoms with van der Waals surface area (Å²) in [6, 6.07) is 5.85. The molecule has 110 valence electrons. The van der Waals surface area contributed by atoms with Crippen molar-refractivity contribution in [2.45, 2.75) is 25.1 Å². The molecule has 0 aliphatic carbocycles. The highest BCUT2D eigenvalue weighted by atomic mass is 32.2. The van der Waals surface area contributed by atoms with Crippen LogP contribution in [0, 0.1) is 10.1 Å². The summed E-state index contributed by atoms with van der Waals surface area (Å²) >= 11 is 1.63. The first-order valence-electron chi connectivity index (χ1n) is 6.28. The molecule has 0 saturated carbocycles. The highest BCUT2D eigenvalue weighted by Gasteiger charge is 2.13. The van der Waals surface area contributed by atoms with E-state index in [0.717, 1.165) is 17.1 Å². The Bertz CT molecular complexity index is 450. The summed E-state index contributed by atoms with van der Waals surface area (Å²) < 4.78 is 4.82. The molecule has 6 nitrogen and oxygen atoms in total. The van der Waals surface area contributed by atoms with Crippen LogP contribution in [-0.4, -0.2) is 29.3 Å². The van der Waals surface area contributed by atoms with E-state index in [1.807, 2.05) is 0 Å². The van der Waals surface area contributed by atoms with Gasteiger partial charge in [-0.2, -0.15) is 11.8 Å². The van der Waals surface area contributed by atoms with Gasteiger partial charge < -0.3 is 10.5 Å². The van der Waals surface area contributed by atoms with Gasteiger partial charge in [-0.25, -0.2) is 0 Å². The van der Waals surface area contributed by atoms with Gasteiger partial charge in [0, 0.05) is 17.9 Å². The monoisotopic (exact) mass is 298 g/mol. The molecule has 0 aromatic heterocycles. The minimum absolute atomic E-state index is 0.0862. The van der Waals surface area contributed by atoms with Crippen molar-refractivity contribution in [1.82, 2.24) is 0 Å². The van der Waals surface area contributed by atoms with E-state index in [-0.39, 0.29) is 11.7 Å². The summed E-state index contributed by atoms with van der Waals surface area (Å²) in [5, 5.41) is 10.5. The molecular formula is C13H18N2O4S. The fourth-order valence-electron chi connectivity index (χ4n) is 1.48. The average Bonchev–Trinajstić information content (AvgIpc) is 2.44. The lowest BCUT2D eigenvalue weighted by atomic mass is 10.2. The molecule has 1 rings (SSSR count). The zero-order chi connectivity index (χ0) is 15.0. The van der Waals surface area contributed by atoms with Gasteiger partial charge in [0.15, 0.2) is 0 Å². The number of nitro benzene ring substituents is 1. The van der Waals surface area contributed by atoms with Crippen molar-refractivity contribution < 1.29 is 14.5 Å². The molecule has 0 bridgehead atoms. The Kier molecular flexibility index (Phi) is 7.03. The minimum Gasteiger partial charge on any atom is -0.465 e. The Labute approximate surface area is 121 Å². The first kappa shape index (κ1) is 16.5. The lowest BCUT2D eigenvalue weighted by Gasteiger charge is -2.09. The van der Waals surface area contributed by atoms with Crippen molar-refractivity contribution in [1.29, 1.82) is 0 Å². The smallest absolute Gasteiger partial charge is 0.322 e. The van der Waals surface area contributed by atoms with Crippen LogP contribution in [0.4, 0.5) is 5.69 Å². The first-order chi connectivity index (χ1) is 9.54. The van der Waals surface area contributed by atoms with E-state index >= 15 is 0 Å². The van der Waals surface area contributed by atoms with E-state index in [0.29, 0.717) is 13.0 Å². The summed E-state index contributed by atoms with van der Waals surface area (Å²) in [6.45, 7) is 2.08. The van der Waals surface area contributed by atoms with Crippen molar-refractivity contribution in [2.75, 3.05) is 12.4 Å². The number of esters is 1. The van der Waals surface area contributed by atoms with Crippen LogP contribution in [0.15, 0.2) is 24.3 Å². The van der Waals surface area contributed by atoms with E-state index in [1.54, 1.807) is 30.8 Å². The number of carbonyl (C=O) groups is 1. The summed E-state index contributed by atoms with van der Waals surface area (Å²) in [5.41, 5.74) is 6.76. The molecule has 0 radical (unpaired) electrons. The molecule has 0 aliphatic rings. The number of benzene rings is 1. The molecule has 20 heavy (non-hydrogen) atoms. The average molecular weight is 298 g/mol. The zero-order valence-corrected chi connectivity index (χ0v) is 12.1. The van der Waals surface area contributed by atoms with E-state index in [4.69, 9.17) is 10.5 Å². The molecule has 0 aliphatic heterocycles. The SMILES string of the molecule is CCOC(=O)C(N)CCSCc1ccc([N+](=O)[O-])cc1. The van der Waals surface area contributed by atoms with Crippen LogP contribution < -0.4 is 5.73 Å². The van der Waals surface area contributed by atoms with Gasteiger partial charge in [-0.1, -0.05) is 12.1 Å².